The zero-order valence-electron chi connectivity index (χ0n) is 11.8. The summed E-state index contributed by atoms with van der Waals surface area (Å²) in [5, 5.41) is 10.7. The Morgan fingerprint density at radius 1 is 1.24 bits per heavy atom. The van der Waals surface area contributed by atoms with Crippen LogP contribution in [0.25, 0.3) is 10.9 Å². The maximum Gasteiger partial charge on any atom is 0.255 e. The molecule has 0 aliphatic carbocycles. The lowest BCUT2D eigenvalue weighted by atomic mass is 10.1. The highest BCUT2D eigenvalue weighted by Crippen LogP contribution is 2.22. The number of aromatic nitrogens is 2. The van der Waals surface area contributed by atoms with Crippen molar-refractivity contribution in [3.8, 4) is 5.75 Å². The number of benzene rings is 2. The second-order valence-corrected chi connectivity index (χ2v) is 4.81. The number of anilines is 1. The molecule has 3 rings (SSSR count). The average molecular weight is 281 g/mol. The number of ether oxygens (including phenoxy) is 1. The van der Waals surface area contributed by atoms with Crippen molar-refractivity contribution in [3.05, 3.63) is 53.7 Å². The summed E-state index contributed by atoms with van der Waals surface area (Å²) < 4.78 is 5.21. The molecular weight excluding hydrogens is 266 g/mol. The molecule has 2 aromatic carbocycles. The molecule has 0 saturated carbocycles. The number of hydrogen-bond donors (Lipinski definition) is 2. The van der Waals surface area contributed by atoms with Crippen LogP contribution in [-0.4, -0.2) is 23.2 Å². The number of fused-ring (bicyclic) bond motifs is 1. The van der Waals surface area contributed by atoms with Crippen molar-refractivity contribution in [2.24, 2.45) is 0 Å². The van der Waals surface area contributed by atoms with E-state index in [0.29, 0.717) is 5.56 Å². The Morgan fingerprint density at radius 2 is 2.10 bits per heavy atom. The average Bonchev–Trinajstić information content (AvgIpc) is 2.94. The van der Waals surface area contributed by atoms with E-state index in [4.69, 9.17) is 4.74 Å². The van der Waals surface area contributed by atoms with Crippen LogP contribution in [-0.2, 0) is 0 Å². The summed E-state index contributed by atoms with van der Waals surface area (Å²) in [6.07, 6.45) is 1.73. The third-order valence-corrected chi connectivity index (χ3v) is 3.36. The maximum absolute atomic E-state index is 12.3. The van der Waals surface area contributed by atoms with Crippen LogP contribution in [0, 0.1) is 6.92 Å². The Balaban J connectivity index is 1.83. The van der Waals surface area contributed by atoms with E-state index in [0.717, 1.165) is 27.9 Å². The molecule has 1 aromatic heterocycles. The monoisotopic (exact) mass is 281 g/mol. The molecule has 1 amide bonds. The van der Waals surface area contributed by atoms with Gasteiger partial charge in [0.2, 0.25) is 0 Å². The minimum Gasteiger partial charge on any atom is -0.496 e. The molecule has 3 aromatic rings. The Morgan fingerprint density at radius 3 is 2.86 bits per heavy atom. The second kappa shape index (κ2) is 5.28. The van der Waals surface area contributed by atoms with Gasteiger partial charge in [-0.15, -0.1) is 0 Å². The molecule has 0 aliphatic rings. The molecule has 0 bridgehead atoms. The number of aryl methyl sites for hydroxylation is 1. The van der Waals surface area contributed by atoms with E-state index in [1.165, 1.54) is 0 Å². The van der Waals surface area contributed by atoms with Gasteiger partial charge in [0.05, 0.1) is 18.8 Å². The molecular formula is C16H15N3O2. The third-order valence-electron chi connectivity index (χ3n) is 3.36. The van der Waals surface area contributed by atoms with Gasteiger partial charge in [-0.25, -0.2) is 0 Å². The third kappa shape index (κ3) is 2.58. The first-order valence-corrected chi connectivity index (χ1v) is 6.56. The Kier molecular flexibility index (Phi) is 3.31. The molecule has 2 N–H and O–H groups in total. The zero-order chi connectivity index (χ0) is 14.8. The van der Waals surface area contributed by atoms with Gasteiger partial charge >= 0.3 is 0 Å². The van der Waals surface area contributed by atoms with Gasteiger partial charge in [0.15, 0.2) is 0 Å². The molecule has 0 radical (unpaired) electrons. The van der Waals surface area contributed by atoms with Crippen LogP contribution in [0.1, 0.15) is 15.9 Å². The van der Waals surface area contributed by atoms with E-state index in [-0.39, 0.29) is 5.91 Å². The summed E-state index contributed by atoms with van der Waals surface area (Å²) in [5.74, 6) is 0.642. The fraction of sp³-hybridized carbons (Fsp3) is 0.125. The highest BCUT2D eigenvalue weighted by molar-refractivity contribution is 6.06. The predicted octanol–water partition coefficient (Wildman–Crippen LogP) is 3.13. The van der Waals surface area contributed by atoms with Gasteiger partial charge in [0.1, 0.15) is 5.75 Å². The maximum atomic E-state index is 12.3. The molecule has 0 saturated heterocycles. The normalized spacial score (nSPS) is 10.6. The van der Waals surface area contributed by atoms with E-state index in [2.05, 4.69) is 15.5 Å². The number of H-pyrrole nitrogens is 1. The summed E-state index contributed by atoms with van der Waals surface area (Å²) in [5.41, 5.74) is 3.14. The van der Waals surface area contributed by atoms with Crippen molar-refractivity contribution in [3.63, 3.8) is 0 Å². The summed E-state index contributed by atoms with van der Waals surface area (Å²) in [6.45, 7) is 1.94. The Labute approximate surface area is 121 Å². The fourth-order valence-corrected chi connectivity index (χ4v) is 2.24. The quantitative estimate of drug-likeness (QED) is 0.775. The molecule has 21 heavy (non-hydrogen) atoms. The first kappa shape index (κ1) is 13.2. The molecule has 106 valence electrons. The van der Waals surface area contributed by atoms with Crippen LogP contribution < -0.4 is 10.1 Å². The number of nitrogens with zero attached hydrogens (tertiary/aromatic N) is 1. The smallest absolute Gasteiger partial charge is 0.255 e. The molecule has 0 fully saturated rings. The van der Waals surface area contributed by atoms with Crippen molar-refractivity contribution in [1.82, 2.24) is 10.2 Å². The Hall–Kier alpha value is -2.82. The molecule has 0 aliphatic heterocycles. The van der Waals surface area contributed by atoms with Gasteiger partial charge in [-0.2, -0.15) is 5.10 Å². The van der Waals surface area contributed by atoms with E-state index in [1.54, 1.807) is 25.4 Å². The topological polar surface area (TPSA) is 67.0 Å². The van der Waals surface area contributed by atoms with Crippen LogP contribution in [0.15, 0.2) is 42.6 Å². The lowest BCUT2D eigenvalue weighted by Gasteiger charge is -2.09. The number of aromatic amines is 1. The standard InChI is InChI=1S/C16H15N3O2/c1-10-7-13(5-6-15(10)21-2)18-16(20)11-3-4-12-9-17-19-14(12)8-11/h3-9H,1-2H3,(H,17,19)(H,18,20). The van der Waals surface area contributed by atoms with Crippen LogP contribution >= 0.6 is 0 Å². The van der Waals surface area contributed by atoms with Gasteiger partial charge in [0, 0.05) is 16.6 Å². The first-order chi connectivity index (χ1) is 10.2. The molecule has 0 unspecified atom stereocenters. The van der Waals surface area contributed by atoms with Crippen LogP contribution in [0.5, 0.6) is 5.75 Å². The second-order valence-electron chi connectivity index (χ2n) is 4.81. The first-order valence-electron chi connectivity index (χ1n) is 6.56. The zero-order valence-corrected chi connectivity index (χ0v) is 11.8. The molecule has 0 spiro atoms. The number of methoxy groups -OCH3 is 1. The van der Waals surface area contributed by atoms with Crippen molar-refractivity contribution in [1.29, 1.82) is 0 Å². The van der Waals surface area contributed by atoms with Gasteiger partial charge in [0.25, 0.3) is 5.91 Å². The Bertz CT molecular complexity index is 808. The highest BCUT2D eigenvalue weighted by atomic mass is 16.5. The minimum atomic E-state index is -0.156. The van der Waals surface area contributed by atoms with E-state index in [9.17, 15) is 4.79 Å². The highest BCUT2D eigenvalue weighted by Gasteiger charge is 2.08. The number of carbonyl (C=O) groups excluding carboxylic acids is 1. The lowest BCUT2D eigenvalue weighted by Crippen LogP contribution is -2.11. The SMILES string of the molecule is COc1ccc(NC(=O)c2ccc3cn[nH]c3c2)cc1C. The van der Waals surface area contributed by atoms with Crippen LogP contribution in [0.3, 0.4) is 0 Å². The van der Waals surface area contributed by atoms with Crippen molar-refractivity contribution in [2.45, 2.75) is 6.92 Å². The summed E-state index contributed by atoms with van der Waals surface area (Å²) in [4.78, 5) is 12.3. The van der Waals surface area contributed by atoms with E-state index >= 15 is 0 Å². The van der Waals surface area contributed by atoms with Gasteiger partial charge in [-0.3, -0.25) is 9.89 Å². The number of rotatable bonds is 3. The molecule has 5 nitrogen and oxygen atoms in total. The summed E-state index contributed by atoms with van der Waals surface area (Å²) >= 11 is 0. The molecule has 1 heterocycles. The number of hydrogen-bond acceptors (Lipinski definition) is 3. The van der Waals surface area contributed by atoms with Crippen molar-refractivity contribution >= 4 is 22.5 Å². The minimum absolute atomic E-state index is 0.156. The van der Waals surface area contributed by atoms with Crippen LogP contribution in [0.4, 0.5) is 5.69 Å². The van der Waals surface area contributed by atoms with E-state index < -0.39 is 0 Å². The van der Waals surface area contributed by atoms with Crippen molar-refractivity contribution < 1.29 is 9.53 Å². The largest absolute Gasteiger partial charge is 0.496 e. The predicted molar refractivity (Wildman–Crippen MR) is 81.8 cm³/mol. The summed E-state index contributed by atoms with van der Waals surface area (Å²) in [6, 6.07) is 11.0. The van der Waals surface area contributed by atoms with Crippen molar-refractivity contribution in [2.75, 3.05) is 12.4 Å². The molecule has 0 atom stereocenters. The molecule has 5 heteroatoms. The number of nitrogens with one attached hydrogen (secondary N) is 2. The van der Waals surface area contributed by atoms with Gasteiger partial charge < -0.3 is 10.1 Å². The van der Waals surface area contributed by atoms with Gasteiger partial charge in [-0.1, -0.05) is 6.07 Å². The van der Waals surface area contributed by atoms with Gasteiger partial charge in [-0.05, 0) is 42.8 Å². The lowest BCUT2D eigenvalue weighted by molar-refractivity contribution is 0.102. The van der Waals surface area contributed by atoms with E-state index in [1.807, 2.05) is 31.2 Å². The number of amides is 1. The fourth-order valence-electron chi connectivity index (χ4n) is 2.24. The summed E-state index contributed by atoms with van der Waals surface area (Å²) in [7, 11) is 1.63. The van der Waals surface area contributed by atoms with Crippen LogP contribution in [0.2, 0.25) is 0 Å². The number of carbonyl (C=O) groups is 1.